The van der Waals surface area contributed by atoms with Crippen LogP contribution in [0.3, 0.4) is 0 Å². The van der Waals surface area contributed by atoms with Crippen molar-refractivity contribution in [3.05, 3.63) is 52.0 Å². The van der Waals surface area contributed by atoms with Crippen LogP contribution in [0.5, 0.6) is 11.5 Å². The van der Waals surface area contributed by atoms with E-state index in [-0.39, 0.29) is 28.6 Å². The highest BCUT2D eigenvalue weighted by atomic mass is 35.5. The SMILES string of the molecule is CCC(C)c1cccc(Oc2c(Cl)cc(N(COC(C)=O)C(=O)N3CCOCC3)cc2Cl)c1. The van der Waals surface area contributed by atoms with Gasteiger partial charge in [-0.1, -0.05) is 49.2 Å². The zero-order valence-corrected chi connectivity index (χ0v) is 20.5. The van der Waals surface area contributed by atoms with E-state index in [2.05, 4.69) is 19.9 Å². The number of nitrogens with zero attached hydrogens (tertiary/aromatic N) is 2. The molecule has 1 atom stereocenters. The number of halogens is 2. The summed E-state index contributed by atoms with van der Waals surface area (Å²) in [6, 6.07) is 10.6. The molecule has 0 radical (unpaired) electrons. The van der Waals surface area contributed by atoms with Gasteiger partial charge < -0.3 is 19.1 Å². The summed E-state index contributed by atoms with van der Waals surface area (Å²) >= 11 is 13.0. The Bertz CT molecular complexity index is 972. The van der Waals surface area contributed by atoms with E-state index in [1.807, 2.05) is 18.2 Å². The molecule has 1 heterocycles. The molecule has 0 bridgehead atoms. The fraction of sp³-hybridized carbons (Fsp3) is 0.417. The van der Waals surface area contributed by atoms with Crippen molar-refractivity contribution in [2.75, 3.05) is 37.9 Å². The van der Waals surface area contributed by atoms with Crippen molar-refractivity contribution in [3.8, 4) is 11.5 Å². The largest absolute Gasteiger partial charge is 0.454 e. The van der Waals surface area contributed by atoms with E-state index in [9.17, 15) is 9.59 Å². The van der Waals surface area contributed by atoms with Crippen LogP contribution in [0.15, 0.2) is 36.4 Å². The molecule has 1 aliphatic rings. The van der Waals surface area contributed by atoms with E-state index >= 15 is 0 Å². The smallest absolute Gasteiger partial charge is 0.327 e. The van der Waals surface area contributed by atoms with E-state index in [1.54, 1.807) is 17.0 Å². The quantitative estimate of drug-likeness (QED) is 0.344. The molecule has 33 heavy (non-hydrogen) atoms. The highest BCUT2D eigenvalue weighted by Gasteiger charge is 2.26. The molecule has 2 aromatic carbocycles. The third-order valence-corrected chi connectivity index (χ3v) is 6.03. The zero-order valence-electron chi connectivity index (χ0n) is 19.0. The summed E-state index contributed by atoms with van der Waals surface area (Å²) in [7, 11) is 0. The first-order chi connectivity index (χ1) is 15.8. The molecule has 1 aliphatic heterocycles. The van der Waals surface area contributed by atoms with Crippen LogP contribution in [0.4, 0.5) is 10.5 Å². The van der Waals surface area contributed by atoms with Gasteiger partial charge in [0.1, 0.15) is 5.75 Å². The predicted octanol–water partition coefficient (Wildman–Crippen LogP) is 6.08. The number of carbonyl (C=O) groups excluding carboxylic acids is 2. The van der Waals surface area contributed by atoms with Gasteiger partial charge in [-0.3, -0.25) is 9.69 Å². The standard InChI is InChI=1S/C24H28Cl2N2O5/c1-4-16(2)18-6-5-7-20(12-18)33-23-21(25)13-19(14-22(23)26)28(15-32-17(3)29)24(30)27-8-10-31-11-9-27/h5-7,12-14,16H,4,8-11,15H2,1-3H3. The second kappa shape index (κ2) is 11.6. The van der Waals surface area contributed by atoms with E-state index < -0.39 is 5.97 Å². The maximum Gasteiger partial charge on any atom is 0.327 e. The Morgan fingerprint density at radius 1 is 1.15 bits per heavy atom. The summed E-state index contributed by atoms with van der Waals surface area (Å²) in [4.78, 5) is 27.5. The number of hydrogen-bond acceptors (Lipinski definition) is 5. The first-order valence-electron chi connectivity index (χ1n) is 10.8. The Labute approximate surface area is 204 Å². The van der Waals surface area contributed by atoms with Crippen LogP contribution in [0.25, 0.3) is 0 Å². The average molecular weight is 495 g/mol. The van der Waals surface area contributed by atoms with Crippen molar-refractivity contribution < 1.29 is 23.8 Å². The van der Waals surface area contributed by atoms with Crippen LogP contribution in [-0.2, 0) is 14.3 Å². The van der Waals surface area contributed by atoms with Crippen LogP contribution in [0.2, 0.25) is 10.0 Å². The fourth-order valence-corrected chi connectivity index (χ4v) is 3.91. The average Bonchev–Trinajstić information content (AvgIpc) is 2.81. The summed E-state index contributed by atoms with van der Waals surface area (Å²) in [6.45, 7) is 7.04. The number of esters is 1. The minimum absolute atomic E-state index is 0.231. The van der Waals surface area contributed by atoms with Crippen molar-refractivity contribution in [1.82, 2.24) is 4.90 Å². The number of ether oxygens (including phenoxy) is 3. The highest BCUT2D eigenvalue weighted by molar-refractivity contribution is 6.37. The third-order valence-electron chi connectivity index (χ3n) is 5.46. The van der Waals surface area contributed by atoms with E-state index in [0.29, 0.717) is 43.7 Å². The molecule has 178 valence electrons. The van der Waals surface area contributed by atoms with Crippen LogP contribution >= 0.6 is 23.2 Å². The maximum absolute atomic E-state index is 13.1. The van der Waals surface area contributed by atoms with Gasteiger partial charge in [-0.2, -0.15) is 0 Å². The number of hydrogen-bond donors (Lipinski definition) is 0. The van der Waals surface area contributed by atoms with Gasteiger partial charge in [0.25, 0.3) is 0 Å². The Balaban J connectivity index is 1.87. The van der Waals surface area contributed by atoms with Gasteiger partial charge in [0.15, 0.2) is 12.5 Å². The molecule has 0 spiro atoms. The lowest BCUT2D eigenvalue weighted by atomic mass is 9.99. The lowest BCUT2D eigenvalue weighted by Crippen LogP contribution is -2.49. The van der Waals surface area contributed by atoms with Crippen LogP contribution < -0.4 is 9.64 Å². The minimum Gasteiger partial charge on any atom is -0.454 e. The lowest BCUT2D eigenvalue weighted by Gasteiger charge is -2.32. The Kier molecular flexibility index (Phi) is 8.83. The second-order valence-electron chi connectivity index (χ2n) is 7.80. The number of amides is 2. The third kappa shape index (κ3) is 6.53. The van der Waals surface area contributed by atoms with Crippen LogP contribution in [0.1, 0.15) is 38.7 Å². The molecular weight excluding hydrogens is 467 g/mol. The fourth-order valence-electron chi connectivity index (χ4n) is 3.36. The molecule has 0 N–H and O–H groups in total. The van der Waals surface area contributed by atoms with E-state index in [4.69, 9.17) is 37.4 Å². The van der Waals surface area contributed by atoms with Crippen molar-refractivity contribution in [1.29, 1.82) is 0 Å². The number of anilines is 1. The number of rotatable bonds is 7. The first-order valence-corrected chi connectivity index (χ1v) is 11.6. The lowest BCUT2D eigenvalue weighted by molar-refractivity contribution is -0.140. The minimum atomic E-state index is -0.506. The molecule has 1 fully saturated rings. The number of morpholine rings is 1. The predicted molar refractivity (Wildman–Crippen MR) is 129 cm³/mol. The molecule has 7 nitrogen and oxygen atoms in total. The van der Waals surface area contributed by atoms with Gasteiger partial charge in [-0.25, -0.2) is 4.79 Å². The number of carbonyl (C=O) groups is 2. The number of urea groups is 1. The molecule has 1 unspecified atom stereocenters. The first kappa shape index (κ1) is 25.1. The second-order valence-corrected chi connectivity index (χ2v) is 8.61. The van der Waals surface area contributed by atoms with Gasteiger partial charge in [0.2, 0.25) is 0 Å². The van der Waals surface area contributed by atoms with Crippen LogP contribution in [-0.4, -0.2) is 49.9 Å². The number of benzene rings is 2. The summed E-state index contributed by atoms with van der Waals surface area (Å²) in [6.07, 6.45) is 1.01. The summed E-state index contributed by atoms with van der Waals surface area (Å²) in [5, 5.41) is 0.461. The van der Waals surface area contributed by atoms with Gasteiger partial charge in [-0.15, -0.1) is 0 Å². The van der Waals surface area contributed by atoms with Crippen LogP contribution in [0, 0.1) is 0 Å². The topological polar surface area (TPSA) is 68.3 Å². The highest BCUT2D eigenvalue weighted by Crippen LogP contribution is 2.40. The van der Waals surface area contributed by atoms with Crippen molar-refractivity contribution in [2.45, 2.75) is 33.1 Å². The van der Waals surface area contributed by atoms with Crippen molar-refractivity contribution in [3.63, 3.8) is 0 Å². The summed E-state index contributed by atoms with van der Waals surface area (Å²) < 4.78 is 16.4. The molecule has 9 heteroatoms. The van der Waals surface area contributed by atoms with Gasteiger partial charge >= 0.3 is 12.0 Å². The Hall–Kier alpha value is -2.48. The van der Waals surface area contributed by atoms with E-state index in [0.717, 1.165) is 12.0 Å². The van der Waals surface area contributed by atoms with Gasteiger partial charge in [-0.05, 0) is 42.2 Å². The van der Waals surface area contributed by atoms with Gasteiger partial charge in [0, 0.05) is 20.0 Å². The molecule has 1 saturated heterocycles. The maximum atomic E-state index is 13.1. The summed E-state index contributed by atoms with van der Waals surface area (Å²) in [5.74, 6) is 0.788. The monoisotopic (exact) mass is 494 g/mol. The molecule has 2 amide bonds. The zero-order chi connectivity index (χ0) is 24.0. The molecule has 3 rings (SSSR count). The van der Waals surface area contributed by atoms with E-state index in [1.165, 1.54) is 11.8 Å². The molecular formula is C24H28Cl2N2O5. The Morgan fingerprint density at radius 3 is 2.42 bits per heavy atom. The molecule has 0 aromatic heterocycles. The molecule has 0 aliphatic carbocycles. The molecule has 0 saturated carbocycles. The Morgan fingerprint density at radius 2 is 1.82 bits per heavy atom. The van der Waals surface area contributed by atoms with Gasteiger partial charge in [0.05, 0.1) is 28.9 Å². The van der Waals surface area contributed by atoms with Crippen molar-refractivity contribution in [2.24, 2.45) is 0 Å². The normalized spacial score (nSPS) is 14.5. The summed E-state index contributed by atoms with van der Waals surface area (Å²) in [5.41, 5.74) is 1.55. The van der Waals surface area contributed by atoms with Crippen molar-refractivity contribution >= 4 is 40.9 Å². The molecule has 2 aromatic rings.